The van der Waals surface area contributed by atoms with Gasteiger partial charge < -0.3 is 4.90 Å². The highest BCUT2D eigenvalue weighted by Gasteiger charge is 2.34. The molecule has 0 saturated carbocycles. The second-order valence-electron chi connectivity index (χ2n) is 5.25. The van der Waals surface area contributed by atoms with Crippen LogP contribution in [0.15, 0.2) is 24.8 Å². The fourth-order valence-electron chi connectivity index (χ4n) is 1.71. The van der Waals surface area contributed by atoms with Crippen LogP contribution in [-0.4, -0.2) is 17.1 Å². The average Bonchev–Trinajstić information content (AvgIpc) is 2.32. The summed E-state index contributed by atoms with van der Waals surface area (Å²) in [6.45, 7) is 9.39. The second-order valence-corrected chi connectivity index (χ2v) is 5.25. The van der Waals surface area contributed by atoms with E-state index in [9.17, 15) is 13.2 Å². The maximum atomic E-state index is 12.8. The molecule has 0 aliphatic carbocycles. The van der Waals surface area contributed by atoms with Crippen molar-refractivity contribution >= 4 is 5.82 Å². The van der Waals surface area contributed by atoms with Crippen LogP contribution in [0.25, 0.3) is 0 Å². The van der Waals surface area contributed by atoms with E-state index in [0.717, 1.165) is 12.1 Å². The summed E-state index contributed by atoms with van der Waals surface area (Å²) in [6.07, 6.45) is -2.98. The Kier molecular flexibility index (Phi) is 4.43. The van der Waals surface area contributed by atoms with Crippen molar-refractivity contribution in [3.63, 3.8) is 0 Å². The smallest absolute Gasteiger partial charge is 0.347 e. The molecule has 1 heterocycles. The number of hydrogen-bond acceptors (Lipinski definition) is 3. The van der Waals surface area contributed by atoms with Crippen molar-refractivity contribution in [3.8, 4) is 6.07 Å². The molecule has 1 aromatic heterocycles. The predicted molar refractivity (Wildman–Crippen MR) is 71.3 cm³/mol. The van der Waals surface area contributed by atoms with Crippen molar-refractivity contribution in [2.24, 2.45) is 0 Å². The predicted octanol–water partition coefficient (Wildman–Crippen LogP) is 3.76. The number of anilines is 1. The molecular formula is C14H16F3N3. The van der Waals surface area contributed by atoms with Gasteiger partial charge in [-0.1, -0.05) is 6.08 Å². The van der Waals surface area contributed by atoms with Crippen LogP contribution in [0.4, 0.5) is 19.0 Å². The second kappa shape index (κ2) is 5.53. The van der Waals surface area contributed by atoms with Gasteiger partial charge in [0.1, 0.15) is 17.6 Å². The standard InChI is InChI=1S/C14H16F3N3/c1-5-8-20(13(2,3)4)12-10(9-18)6-7-11(19-12)14(15,16)17/h5-7H,1,8H2,2-4H3. The lowest BCUT2D eigenvalue weighted by atomic mass is 10.0. The van der Waals surface area contributed by atoms with Gasteiger partial charge >= 0.3 is 6.18 Å². The zero-order valence-electron chi connectivity index (χ0n) is 11.6. The molecule has 0 bridgehead atoms. The maximum absolute atomic E-state index is 12.8. The maximum Gasteiger partial charge on any atom is 0.433 e. The lowest BCUT2D eigenvalue weighted by molar-refractivity contribution is -0.141. The number of alkyl halides is 3. The molecule has 6 heteroatoms. The summed E-state index contributed by atoms with van der Waals surface area (Å²) >= 11 is 0. The van der Waals surface area contributed by atoms with Gasteiger partial charge in [0.15, 0.2) is 0 Å². The minimum Gasteiger partial charge on any atom is -0.347 e. The van der Waals surface area contributed by atoms with Crippen LogP contribution in [-0.2, 0) is 6.18 Å². The Labute approximate surface area is 116 Å². The van der Waals surface area contributed by atoms with Gasteiger partial charge in [0.2, 0.25) is 0 Å². The molecule has 0 spiro atoms. The summed E-state index contributed by atoms with van der Waals surface area (Å²) in [6, 6.07) is 3.84. The van der Waals surface area contributed by atoms with E-state index in [1.165, 1.54) is 0 Å². The molecule has 0 radical (unpaired) electrons. The Hall–Kier alpha value is -2.03. The van der Waals surface area contributed by atoms with Gasteiger partial charge in [0.25, 0.3) is 0 Å². The highest BCUT2D eigenvalue weighted by molar-refractivity contribution is 5.56. The van der Waals surface area contributed by atoms with Crippen molar-refractivity contribution in [1.82, 2.24) is 4.98 Å². The van der Waals surface area contributed by atoms with Crippen LogP contribution >= 0.6 is 0 Å². The Morgan fingerprint density at radius 2 is 1.95 bits per heavy atom. The SMILES string of the molecule is C=CCN(c1nc(C(F)(F)F)ccc1C#N)C(C)(C)C. The fraction of sp³-hybridized carbons (Fsp3) is 0.429. The van der Waals surface area contributed by atoms with Crippen molar-refractivity contribution < 1.29 is 13.2 Å². The fourth-order valence-corrected chi connectivity index (χ4v) is 1.71. The molecule has 20 heavy (non-hydrogen) atoms. The number of pyridine rings is 1. The van der Waals surface area contributed by atoms with Crippen LogP contribution < -0.4 is 4.90 Å². The molecule has 0 amide bonds. The van der Waals surface area contributed by atoms with Gasteiger partial charge in [0, 0.05) is 12.1 Å². The third-order valence-electron chi connectivity index (χ3n) is 2.66. The zero-order chi connectivity index (χ0) is 15.6. The quantitative estimate of drug-likeness (QED) is 0.793. The van der Waals surface area contributed by atoms with E-state index in [-0.39, 0.29) is 11.4 Å². The molecule has 0 aromatic carbocycles. The monoisotopic (exact) mass is 283 g/mol. The van der Waals surface area contributed by atoms with Crippen molar-refractivity contribution in [2.75, 3.05) is 11.4 Å². The number of hydrogen-bond donors (Lipinski definition) is 0. The van der Waals surface area contributed by atoms with E-state index in [1.807, 2.05) is 26.8 Å². The molecular weight excluding hydrogens is 267 g/mol. The van der Waals surface area contributed by atoms with Gasteiger partial charge in [0.05, 0.1) is 5.56 Å². The molecule has 0 N–H and O–H groups in total. The summed E-state index contributed by atoms with van der Waals surface area (Å²) in [4.78, 5) is 5.25. The molecule has 0 fully saturated rings. The minimum absolute atomic E-state index is 0.0229. The van der Waals surface area contributed by atoms with Crippen LogP contribution in [0.1, 0.15) is 32.0 Å². The van der Waals surface area contributed by atoms with E-state index in [0.29, 0.717) is 6.54 Å². The van der Waals surface area contributed by atoms with Crippen LogP contribution in [0.3, 0.4) is 0 Å². The molecule has 0 aliphatic rings. The summed E-state index contributed by atoms with van der Waals surface area (Å²) in [5.74, 6) is 0.0229. The van der Waals surface area contributed by atoms with Gasteiger partial charge in [-0.05, 0) is 32.9 Å². The Bertz CT molecular complexity index is 536. The van der Waals surface area contributed by atoms with Crippen molar-refractivity contribution in [3.05, 3.63) is 36.0 Å². The lowest BCUT2D eigenvalue weighted by Crippen LogP contribution is -2.42. The molecule has 108 valence electrons. The third kappa shape index (κ3) is 3.50. The van der Waals surface area contributed by atoms with Gasteiger partial charge in [-0.3, -0.25) is 0 Å². The minimum atomic E-state index is -4.54. The van der Waals surface area contributed by atoms with Crippen LogP contribution in [0.2, 0.25) is 0 Å². The zero-order valence-corrected chi connectivity index (χ0v) is 11.6. The average molecular weight is 283 g/mol. The number of aromatic nitrogens is 1. The van der Waals surface area contributed by atoms with Crippen LogP contribution in [0, 0.1) is 11.3 Å². The first kappa shape index (κ1) is 16.0. The largest absolute Gasteiger partial charge is 0.433 e. The molecule has 0 aliphatic heterocycles. The van der Waals surface area contributed by atoms with E-state index in [2.05, 4.69) is 11.6 Å². The molecule has 0 atom stereocenters. The van der Waals surface area contributed by atoms with E-state index in [4.69, 9.17) is 5.26 Å². The van der Waals surface area contributed by atoms with Gasteiger partial charge in [-0.15, -0.1) is 6.58 Å². The summed E-state index contributed by atoms with van der Waals surface area (Å²) in [5.41, 5.74) is -1.39. The van der Waals surface area contributed by atoms with E-state index in [1.54, 1.807) is 11.0 Å². The van der Waals surface area contributed by atoms with Crippen molar-refractivity contribution in [2.45, 2.75) is 32.5 Å². The number of rotatable bonds is 3. The number of halogens is 3. The third-order valence-corrected chi connectivity index (χ3v) is 2.66. The van der Waals surface area contributed by atoms with Gasteiger partial charge in [-0.2, -0.15) is 18.4 Å². The highest BCUT2D eigenvalue weighted by atomic mass is 19.4. The Morgan fingerprint density at radius 3 is 2.35 bits per heavy atom. The van der Waals surface area contributed by atoms with Crippen LogP contribution in [0.5, 0.6) is 0 Å². The molecule has 0 unspecified atom stereocenters. The van der Waals surface area contributed by atoms with Crippen molar-refractivity contribution in [1.29, 1.82) is 5.26 Å². The molecule has 1 rings (SSSR count). The first-order valence-electron chi connectivity index (χ1n) is 5.98. The number of nitriles is 1. The topological polar surface area (TPSA) is 39.9 Å². The van der Waals surface area contributed by atoms with E-state index < -0.39 is 17.4 Å². The summed E-state index contributed by atoms with van der Waals surface area (Å²) in [5, 5.41) is 9.07. The normalized spacial score (nSPS) is 11.8. The Balaban J connectivity index is 3.46. The molecule has 1 aromatic rings. The number of nitrogens with zero attached hydrogens (tertiary/aromatic N) is 3. The van der Waals surface area contributed by atoms with Gasteiger partial charge in [-0.25, -0.2) is 4.98 Å². The first-order chi connectivity index (χ1) is 9.11. The van der Waals surface area contributed by atoms with E-state index >= 15 is 0 Å². The molecule has 3 nitrogen and oxygen atoms in total. The lowest BCUT2D eigenvalue weighted by Gasteiger charge is -2.36. The first-order valence-corrected chi connectivity index (χ1v) is 5.98. The Morgan fingerprint density at radius 1 is 1.35 bits per heavy atom. The summed E-state index contributed by atoms with van der Waals surface area (Å²) in [7, 11) is 0. The highest BCUT2D eigenvalue weighted by Crippen LogP contribution is 2.32. The molecule has 0 saturated heterocycles. The summed E-state index contributed by atoms with van der Waals surface area (Å²) < 4.78 is 38.3.